The zero-order valence-corrected chi connectivity index (χ0v) is 16.5. The van der Waals surface area contributed by atoms with Gasteiger partial charge in [0.05, 0.1) is 17.9 Å². The quantitative estimate of drug-likeness (QED) is 0.564. The Labute approximate surface area is 167 Å². The number of sulfonamides is 1. The molecule has 2 aromatic rings. The van der Waals surface area contributed by atoms with Crippen molar-refractivity contribution in [1.82, 2.24) is 9.79 Å². The van der Waals surface area contributed by atoms with Crippen LogP contribution in [0, 0.1) is 5.82 Å². The summed E-state index contributed by atoms with van der Waals surface area (Å²) in [7, 11) is -3.65. The first-order valence-electron chi connectivity index (χ1n) is 8.70. The summed E-state index contributed by atoms with van der Waals surface area (Å²) in [6.07, 6.45) is -0.112. The number of rotatable bonds is 10. The predicted molar refractivity (Wildman–Crippen MR) is 102 cm³/mol. The fourth-order valence-corrected chi connectivity index (χ4v) is 3.42. The van der Waals surface area contributed by atoms with Crippen molar-refractivity contribution in [3.05, 3.63) is 59.9 Å². The number of hydrogen-bond donors (Lipinski definition) is 2. The van der Waals surface area contributed by atoms with Crippen LogP contribution in [-0.2, 0) is 26.0 Å². The Kier molecular flexibility index (Phi) is 7.68. The van der Waals surface area contributed by atoms with Crippen LogP contribution in [0.4, 0.5) is 4.39 Å². The first-order chi connectivity index (χ1) is 13.7. The molecule has 0 saturated carbocycles. The number of carboxylic acids is 1. The number of hydrogen-bond acceptors (Lipinski definition) is 5. The molecule has 0 bridgehead atoms. The molecule has 0 aliphatic rings. The number of aliphatic carboxylic acids is 1. The molecule has 1 amide bonds. The van der Waals surface area contributed by atoms with Crippen LogP contribution < -0.4 is 9.56 Å². The number of nitrogens with one attached hydrogen (secondary N) is 1. The molecule has 0 fully saturated rings. The highest BCUT2D eigenvalue weighted by molar-refractivity contribution is 7.89. The summed E-state index contributed by atoms with van der Waals surface area (Å²) >= 11 is 0. The lowest BCUT2D eigenvalue weighted by Gasteiger charge is -2.20. The van der Waals surface area contributed by atoms with Crippen LogP contribution in [0.25, 0.3) is 0 Å². The largest absolute Gasteiger partial charge is 0.481 e. The van der Waals surface area contributed by atoms with Crippen molar-refractivity contribution < 1.29 is 32.3 Å². The van der Waals surface area contributed by atoms with Crippen molar-refractivity contribution >= 4 is 21.9 Å². The molecule has 0 saturated heterocycles. The summed E-state index contributed by atoms with van der Waals surface area (Å²) in [5.41, 5.74) is 0.519. The molecule has 2 N–H and O–H groups in total. The molecule has 8 nitrogen and oxygen atoms in total. The van der Waals surface area contributed by atoms with Gasteiger partial charge in [0.15, 0.2) is 11.6 Å². The van der Waals surface area contributed by atoms with E-state index in [1.54, 1.807) is 18.2 Å². The van der Waals surface area contributed by atoms with Gasteiger partial charge in [-0.3, -0.25) is 9.59 Å². The van der Waals surface area contributed by atoms with E-state index < -0.39 is 27.7 Å². The molecule has 2 aromatic carbocycles. The van der Waals surface area contributed by atoms with Crippen molar-refractivity contribution in [2.24, 2.45) is 0 Å². The van der Waals surface area contributed by atoms with Crippen LogP contribution in [-0.4, -0.2) is 43.6 Å². The number of carbonyl (C=O) groups excluding carboxylic acids is 1. The number of carbonyl (C=O) groups is 2. The van der Waals surface area contributed by atoms with Crippen LogP contribution in [0.3, 0.4) is 0 Å². The maximum Gasteiger partial charge on any atom is 0.305 e. The average molecular weight is 424 g/mol. The van der Waals surface area contributed by atoms with E-state index in [9.17, 15) is 22.4 Å². The molecule has 2 rings (SSSR count). The highest BCUT2D eigenvalue weighted by atomic mass is 32.2. The SMILES string of the molecule is CC(=O)N(CCC(=O)O)Oc1ccc(CCNS(=O)(=O)c2ccccc2)cc1F. The van der Waals surface area contributed by atoms with E-state index in [-0.39, 0.29) is 36.6 Å². The highest BCUT2D eigenvalue weighted by Crippen LogP contribution is 2.20. The number of benzene rings is 2. The lowest BCUT2D eigenvalue weighted by Crippen LogP contribution is -2.34. The smallest absolute Gasteiger partial charge is 0.305 e. The monoisotopic (exact) mass is 424 g/mol. The standard InChI is InChI=1S/C19H21FN2O6S/c1-14(23)22(12-10-19(24)25)28-18-8-7-15(13-17(18)20)9-11-21-29(26,27)16-5-3-2-4-6-16/h2-8,13,21H,9-12H2,1H3,(H,24,25). The number of nitrogens with zero attached hydrogens (tertiary/aromatic N) is 1. The predicted octanol–water partition coefficient (Wildman–Crippen LogP) is 1.96. The lowest BCUT2D eigenvalue weighted by molar-refractivity contribution is -0.157. The zero-order valence-electron chi connectivity index (χ0n) is 15.7. The Hall–Kier alpha value is -2.98. The van der Waals surface area contributed by atoms with E-state index >= 15 is 0 Å². The Morgan fingerprint density at radius 2 is 1.86 bits per heavy atom. The van der Waals surface area contributed by atoms with Gasteiger partial charge in [-0.1, -0.05) is 24.3 Å². The molecule has 0 aliphatic heterocycles. The van der Waals surface area contributed by atoms with Gasteiger partial charge in [-0.15, -0.1) is 0 Å². The van der Waals surface area contributed by atoms with Gasteiger partial charge in [0.1, 0.15) is 0 Å². The maximum atomic E-state index is 14.3. The van der Waals surface area contributed by atoms with Gasteiger partial charge in [-0.2, -0.15) is 5.06 Å². The van der Waals surface area contributed by atoms with E-state index in [1.807, 2.05) is 0 Å². The fourth-order valence-electron chi connectivity index (χ4n) is 2.37. The third-order valence-corrected chi connectivity index (χ3v) is 5.32. The minimum Gasteiger partial charge on any atom is -0.481 e. The number of amides is 1. The average Bonchev–Trinajstić information content (AvgIpc) is 2.66. The van der Waals surface area contributed by atoms with Crippen LogP contribution in [0.2, 0.25) is 0 Å². The molecular weight excluding hydrogens is 403 g/mol. The van der Waals surface area contributed by atoms with Crippen molar-refractivity contribution in [1.29, 1.82) is 0 Å². The minimum absolute atomic E-state index is 0.0645. The molecule has 0 unspecified atom stereocenters. The van der Waals surface area contributed by atoms with E-state index in [0.29, 0.717) is 5.56 Å². The van der Waals surface area contributed by atoms with Gasteiger partial charge in [0, 0.05) is 13.5 Å². The first-order valence-corrected chi connectivity index (χ1v) is 10.2. The van der Waals surface area contributed by atoms with E-state index in [0.717, 1.165) is 5.06 Å². The third kappa shape index (κ3) is 6.84. The molecule has 0 heterocycles. The molecule has 0 atom stereocenters. The topological polar surface area (TPSA) is 113 Å². The zero-order chi connectivity index (χ0) is 21.4. The maximum absolute atomic E-state index is 14.3. The highest BCUT2D eigenvalue weighted by Gasteiger charge is 2.16. The summed E-state index contributed by atoms with van der Waals surface area (Å²) in [5.74, 6) is -2.67. The fraction of sp³-hybridized carbons (Fsp3) is 0.263. The molecule has 0 radical (unpaired) electrons. The van der Waals surface area contributed by atoms with E-state index in [2.05, 4.69) is 4.72 Å². The van der Waals surface area contributed by atoms with E-state index in [4.69, 9.17) is 9.94 Å². The second-order valence-corrected chi connectivity index (χ2v) is 7.85. The Bertz CT molecular complexity index is 966. The molecule has 0 aromatic heterocycles. The molecular formula is C19H21FN2O6S. The van der Waals surface area contributed by atoms with Gasteiger partial charge < -0.3 is 9.94 Å². The first kappa shape index (κ1) is 22.3. The van der Waals surface area contributed by atoms with Crippen molar-refractivity contribution in [3.63, 3.8) is 0 Å². The van der Waals surface area contributed by atoms with Gasteiger partial charge in [-0.05, 0) is 36.2 Å². The van der Waals surface area contributed by atoms with Crippen molar-refractivity contribution in [2.45, 2.75) is 24.7 Å². The third-order valence-electron chi connectivity index (χ3n) is 3.84. The summed E-state index contributed by atoms with van der Waals surface area (Å²) in [4.78, 5) is 27.4. The molecule has 10 heteroatoms. The van der Waals surface area contributed by atoms with Gasteiger partial charge in [0.25, 0.3) is 5.91 Å². The van der Waals surface area contributed by atoms with Gasteiger partial charge in [-0.25, -0.2) is 17.5 Å². The molecule has 29 heavy (non-hydrogen) atoms. The Balaban J connectivity index is 1.96. The Morgan fingerprint density at radius 1 is 1.17 bits per heavy atom. The number of halogens is 1. The summed E-state index contributed by atoms with van der Waals surface area (Å²) in [6.45, 7) is 1.01. The minimum atomic E-state index is -3.65. The van der Waals surface area contributed by atoms with Crippen LogP contribution in [0.1, 0.15) is 18.9 Å². The van der Waals surface area contributed by atoms with Gasteiger partial charge >= 0.3 is 5.97 Å². The molecule has 0 aliphatic carbocycles. The lowest BCUT2D eigenvalue weighted by atomic mass is 10.1. The number of hydroxylamine groups is 2. The second-order valence-electron chi connectivity index (χ2n) is 6.08. The summed E-state index contributed by atoms with van der Waals surface area (Å²) in [6, 6.07) is 11.9. The summed E-state index contributed by atoms with van der Waals surface area (Å²) in [5, 5.41) is 9.46. The van der Waals surface area contributed by atoms with Crippen molar-refractivity contribution in [3.8, 4) is 5.75 Å². The van der Waals surface area contributed by atoms with Gasteiger partial charge in [0.2, 0.25) is 10.0 Å². The normalized spacial score (nSPS) is 11.1. The second kappa shape index (κ2) is 9.99. The molecule has 0 spiro atoms. The van der Waals surface area contributed by atoms with Crippen molar-refractivity contribution in [2.75, 3.05) is 13.1 Å². The summed E-state index contributed by atoms with van der Waals surface area (Å²) < 4.78 is 41.0. The number of carboxylic acid groups (broad SMARTS) is 1. The Morgan fingerprint density at radius 3 is 2.45 bits per heavy atom. The van der Waals surface area contributed by atoms with E-state index in [1.165, 1.54) is 37.3 Å². The van der Waals surface area contributed by atoms with Crippen LogP contribution in [0.15, 0.2) is 53.4 Å². The molecule has 156 valence electrons. The van der Waals surface area contributed by atoms with Crippen LogP contribution in [0.5, 0.6) is 5.75 Å². The van der Waals surface area contributed by atoms with Crippen LogP contribution >= 0.6 is 0 Å².